The molecule has 0 amide bonds. The summed E-state index contributed by atoms with van der Waals surface area (Å²) in [5, 5.41) is 12.1. The monoisotopic (exact) mass is 330 g/mol. The third kappa shape index (κ3) is 2.82. The maximum absolute atomic E-state index is 13.1. The van der Waals surface area contributed by atoms with E-state index in [-0.39, 0.29) is 23.6 Å². The summed E-state index contributed by atoms with van der Waals surface area (Å²) in [5.74, 6) is 0.300. The minimum Gasteiger partial charge on any atom is -0.360 e. The minimum absolute atomic E-state index is 0.200. The van der Waals surface area contributed by atoms with Gasteiger partial charge >= 0.3 is 0 Å². The third-order valence-corrected chi connectivity index (χ3v) is 4.17. The second-order valence-electron chi connectivity index (χ2n) is 6.32. The smallest absolute Gasteiger partial charge is 0.298 e. The van der Waals surface area contributed by atoms with Gasteiger partial charge in [0.25, 0.3) is 5.56 Å². The molecule has 0 radical (unpaired) electrons. The third-order valence-electron chi connectivity index (χ3n) is 4.17. The lowest BCUT2D eigenvalue weighted by molar-refractivity contribution is 0.339. The van der Waals surface area contributed by atoms with Gasteiger partial charge in [0, 0.05) is 5.54 Å². The molecule has 0 aliphatic heterocycles. The fourth-order valence-corrected chi connectivity index (χ4v) is 2.69. The van der Waals surface area contributed by atoms with Crippen molar-refractivity contribution in [2.24, 2.45) is 0 Å². The Labute approximate surface area is 138 Å². The van der Waals surface area contributed by atoms with Crippen LogP contribution in [0.15, 0.2) is 33.6 Å². The molecule has 0 saturated carbocycles. The number of aromatic nitrogens is 3. The van der Waals surface area contributed by atoms with Crippen molar-refractivity contribution in [2.45, 2.75) is 39.9 Å². The quantitative estimate of drug-likeness (QED) is 0.796. The van der Waals surface area contributed by atoms with Crippen LogP contribution in [0.1, 0.15) is 30.9 Å². The fraction of sp³-hybridized carbons (Fsp3) is 0.353. The molecule has 24 heavy (non-hydrogen) atoms. The van der Waals surface area contributed by atoms with E-state index in [1.165, 1.54) is 16.8 Å². The number of hydrogen-bond acceptors (Lipinski definition) is 5. The van der Waals surface area contributed by atoms with Crippen LogP contribution < -0.4 is 10.9 Å². The molecule has 2 aromatic heterocycles. The van der Waals surface area contributed by atoms with Crippen molar-refractivity contribution >= 4 is 10.9 Å². The molecule has 1 N–H and O–H groups in total. The Bertz CT molecular complexity index is 942. The molecule has 0 saturated heterocycles. The topological polar surface area (TPSA) is 73.0 Å². The van der Waals surface area contributed by atoms with Crippen molar-refractivity contribution < 1.29 is 8.91 Å². The molecular weight excluding hydrogens is 311 g/mol. The summed E-state index contributed by atoms with van der Waals surface area (Å²) in [6.07, 6.45) is 0. The molecule has 3 aromatic rings. The van der Waals surface area contributed by atoms with Crippen LogP contribution >= 0.6 is 0 Å². The maximum atomic E-state index is 13.1. The van der Waals surface area contributed by atoms with E-state index in [0.717, 1.165) is 5.56 Å². The average Bonchev–Trinajstić information content (AvgIpc) is 2.93. The molecule has 6 nitrogen and oxygen atoms in total. The van der Waals surface area contributed by atoms with Crippen LogP contribution in [-0.4, -0.2) is 14.9 Å². The van der Waals surface area contributed by atoms with Gasteiger partial charge in [0.2, 0.25) is 0 Å². The Balaban J connectivity index is 1.89. The summed E-state index contributed by atoms with van der Waals surface area (Å²) in [6.45, 7) is 7.68. The highest BCUT2D eigenvalue weighted by atomic mass is 19.1. The summed E-state index contributed by atoms with van der Waals surface area (Å²) < 4.78 is 19.5. The van der Waals surface area contributed by atoms with Crippen LogP contribution in [0.25, 0.3) is 10.9 Å². The number of aryl methyl sites for hydroxylation is 2. The summed E-state index contributed by atoms with van der Waals surface area (Å²) >= 11 is 0. The van der Waals surface area contributed by atoms with Gasteiger partial charge in [0.1, 0.15) is 11.6 Å². The number of hydrogen-bond donors (Lipinski definition) is 1. The first kappa shape index (κ1) is 16.3. The number of rotatable bonds is 4. The van der Waals surface area contributed by atoms with Gasteiger partial charge in [-0.3, -0.25) is 10.1 Å². The Morgan fingerprint density at radius 2 is 1.92 bits per heavy atom. The van der Waals surface area contributed by atoms with Crippen molar-refractivity contribution in [3.63, 3.8) is 0 Å². The lowest BCUT2D eigenvalue weighted by Crippen LogP contribution is -2.41. The second-order valence-corrected chi connectivity index (χ2v) is 6.32. The normalized spacial score (nSPS) is 12.0. The van der Waals surface area contributed by atoms with E-state index >= 15 is 0 Å². The standard InChI is InChI=1S/C17H19FN4O2/c1-10-14-11(2)24-21-15(14)16(23)22(20-10)9-19-17(3,4)12-5-7-13(18)8-6-12/h5-8,19H,9H2,1-4H3. The first-order chi connectivity index (χ1) is 11.3. The molecule has 0 spiro atoms. The van der Waals surface area contributed by atoms with E-state index in [9.17, 15) is 9.18 Å². The van der Waals surface area contributed by atoms with Crippen LogP contribution in [0.3, 0.4) is 0 Å². The van der Waals surface area contributed by atoms with Crippen LogP contribution in [0.5, 0.6) is 0 Å². The molecule has 0 aliphatic rings. The van der Waals surface area contributed by atoms with Crippen molar-refractivity contribution in [3.8, 4) is 0 Å². The van der Waals surface area contributed by atoms with Crippen LogP contribution in [0, 0.1) is 19.7 Å². The highest BCUT2D eigenvalue weighted by Gasteiger charge is 2.21. The molecule has 0 atom stereocenters. The van der Waals surface area contributed by atoms with Crippen LogP contribution in [0.2, 0.25) is 0 Å². The lowest BCUT2D eigenvalue weighted by Gasteiger charge is -2.27. The van der Waals surface area contributed by atoms with Crippen LogP contribution in [-0.2, 0) is 12.2 Å². The number of nitrogens with zero attached hydrogens (tertiary/aromatic N) is 3. The molecule has 0 bridgehead atoms. The number of nitrogens with one attached hydrogen (secondary N) is 1. The zero-order chi connectivity index (χ0) is 17.5. The molecule has 2 heterocycles. The van der Waals surface area contributed by atoms with Gasteiger partial charge in [-0.25, -0.2) is 9.07 Å². The number of benzene rings is 1. The molecule has 3 rings (SSSR count). The Morgan fingerprint density at radius 3 is 2.58 bits per heavy atom. The lowest BCUT2D eigenvalue weighted by atomic mass is 9.94. The highest BCUT2D eigenvalue weighted by molar-refractivity contribution is 5.81. The molecule has 0 unspecified atom stereocenters. The number of fused-ring (bicyclic) bond motifs is 1. The van der Waals surface area contributed by atoms with Crippen molar-refractivity contribution in [2.75, 3.05) is 0 Å². The second kappa shape index (κ2) is 5.83. The van der Waals surface area contributed by atoms with Gasteiger partial charge in [-0.15, -0.1) is 0 Å². The van der Waals surface area contributed by atoms with E-state index in [2.05, 4.69) is 15.6 Å². The average molecular weight is 330 g/mol. The van der Waals surface area contributed by atoms with Crippen molar-refractivity contribution in [3.05, 3.63) is 57.5 Å². The summed E-state index contributed by atoms with van der Waals surface area (Å²) in [6, 6.07) is 6.26. The van der Waals surface area contributed by atoms with Gasteiger partial charge in [-0.05, 0) is 45.4 Å². The fourth-order valence-electron chi connectivity index (χ4n) is 2.69. The Morgan fingerprint density at radius 1 is 1.25 bits per heavy atom. The minimum atomic E-state index is -0.461. The predicted octanol–water partition coefficient (Wildman–Crippen LogP) is 2.62. The molecular formula is C17H19FN4O2. The van der Waals surface area contributed by atoms with Crippen molar-refractivity contribution in [1.82, 2.24) is 20.3 Å². The van der Waals surface area contributed by atoms with Gasteiger partial charge in [0.15, 0.2) is 5.52 Å². The summed E-state index contributed by atoms with van der Waals surface area (Å²) in [5.41, 5.74) is 1.10. The van der Waals surface area contributed by atoms with E-state index in [0.29, 0.717) is 16.8 Å². The van der Waals surface area contributed by atoms with Crippen LogP contribution in [0.4, 0.5) is 4.39 Å². The van der Waals surface area contributed by atoms with Gasteiger partial charge < -0.3 is 4.52 Å². The first-order valence-electron chi connectivity index (χ1n) is 7.64. The van der Waals surface area contributed by atoms with Gasteiger partial charge in [-0.2, -0.15) is 5.10 Å². The molecule has 0 fully saturated rings. The summed E-state index contributed by atoms with van der Waals surface area (Å²) in [7, 11) is 0. The zero-order valence-corrected chi connectivity index (χ0v) is 14.1. The van der Waals surface area contributed by atoms with Gasteiger partial charge in [0.05, 0.1) is 17.7 Å². The van der Waals surface area contributed by atoms with E-state index < -0.39 is 5.54 Å². The van der Waals surface area contributed by atoms with E-state index in [1.807, 2.05) is 20.8 Å². The van der Waals surface area contributed by atoms with Crippen molar-refractivity contribution in [1.29, 1.82) is 0 Å². The largest absolute Gasteiger partial charge is 0.360 e. The predicted molar refractivity (Wildman–Crippen MR) is 88.1 cm³/mol. The number of halogens is 1. The SMILES string of the molecule is Cc1nn(CNC(C)(C)c2ccc(F)cc2)c(=O)c2noc(C)c12. The van der Waals surface area contributed by atoms with E-state index in [1.54, 1.807) is 19.1 Å². The highest BCUT2D eigenvalue weighted by Crippen LogP contribution is 2.20. The van der Waals surface area contributed by atoms with Gasteiger partial charge in [-0.1, -0.05) is 17.3 Å². The maximum Gasteiger partial charge on any atom is 0.298 e. The first-order valence-corrected chi connectivity index (χ1v) is 7.64. The zero-order valence-electron chi connectivity index (χ0n) is 14.1. The Kier molecular flexibility index (Phi) is 3.96. The molecule has 1 aromatic carbocycles. The molecule has 0 aliphatic carbocycles. The molecule has 126 valence electrons. The molecule has 7 heteroatoms. The Hall–Kier alpha value is -2.54. The summed E-state index contributed by atoms with van der Waals surface area (Å²) in [4.78, 5) is 12.5. The van der Waals surface area contributed by atoms with E-state index in [4.69, 9.17) is 4.52 Å².